The molecule has 0 saturated carbocycles. The molecule has 0 saturated heterocycles. The Balaban J connectivity index is 2.29. The molecule has 1 aromatic heterocycles. The van der Waals surface area contributed by atoms with Crippen LogP contribution in [-0.4, -0.2) is 13.4 Å². The predicted octanol–water partition coefficient (Wildman–Crippen LogP) is 1.70. The largest absolute Gasteiger partial charge is 0.399 e. The van der Waals surface area contributed by atoms with Gasteiger partial charge in [0.15, 0.2) is 9.84 Å². The smallest absolute Gasteiger partial charge is 0.183 e. The van der Waals surface area contributed by atoms with E-state index in [0.717, 1.165) is 4.88 Å². The number of sulfone groups is 1. The standard InChI is InChI=1S/C10H10N2O2S2/c11-8-1-3-10(4-2-8)16(13,14)6-9-5-12-7-15-9/h1-5,7H,6,11H2. The fourth-order valence-electron chi connectivity index (χ4n) is 1.26. The van der Waals surface area contributed by atoms with Gasteiger partial charge in [-0.25, -0.2) is 8.42 Å². The first-order chi connectivity index (χ1) is 7.58. The second kappa shape index (κ2) is 4.23. The highest BCUT2D eigenvalue weighted by molar-refractivity contribution is 7.90. The van der Waals surface area contributed by atoms with E-state index in [1.54, 1.807) is 23.8 Å². The van der Waals surface area contributed by atoms with E-state index in [2.05, 4.69) is 4.98 Å². The highest BCUT2D eigenvalue weighted by Gasteiger charge is 2.15. The lowest BCUT2D eigenvalue weighted by Gasteiger charge is -2.02. The molecule has 0 radical (unpaired) electrons. The zero-order chi connectivity index (χ0) is 11.6. The zero-order valence-corrected chi connectivity index (χ0v) is 9.96. The van der Waals surface area contributed by atoms with Crippen LogP contribution in [-0.2, 0) is 15.6 Å². The van der Waals surface area contributed by atoms with Crippen molar-refractivity contribution in [3.05, 3.63) is 40.8 Å². The van der Waals surface area contributed by atoms with Crippen LogP contribution in [0.1, 0.15) is 4.88 Å². The number of nitrogens with zero attached hydrogens (tertiary/aromatic N) is 1. The molecule has 0 aliphatic heterocycles. The number of hydrogen-bond acceptors (Lipinski definition) is 5. The first-order valence-corrected chi connectivity index (χ1v) is 7.07. The third kappa shape index (κ3) is 2.40. The van der Waals surface area contributed by atoms with Crippen molar-refractivity contribution in [2.24, 2.45) is 0 Å². The Hall–Kier alpha value is -1.40. The van der Waals surface area contributed by atoms with Gasteiger partial charge in [0.25, 0.3) is 0 Å². The quantitative estimate of drug-likeness (QED) is 0.846. The monoisotopic (exact) mass is 254 g/mol. The summed E-state index contributed by atoms with van der Waals surface area (Å²) in [6, 6.07) is 6.20. The molecule has 0 amide bonds. The third-order valence-corrected chi connectivity index (χ3v) is 4.70. The molecule has 6 heteroatoms. The summed E-state index contributed by atoms with van der Waals surface area (Å²) in [6.07, 6.45) is 1.57. The highest BCUT2D eigenvalue weighted by atomic mass is 32.2. The lowest BCUT2D eigenvalue weighted by Crippen LogP contribution is -2.03. The average Bonchev–Trinajstić information content (AvgIpc) is 2.70. The van der Waals surface area contributed by atoms with Crippen LogP contribution in [0.3, 0.4) is 0 Å². The summed E-state index contributed by atoms with van der Waals surface area (Å²) in [6.45, 7) is 0. The molecular weight excluding hydrogens is 244 g/mol. The molecular formula is C10H10N2O2S2. The van der Waals surface area contributed by atoms with Gasteiger partial charge in [-0.2, -0.15) is 0 Å². The summed E-state index contributed by atoms with van der Waals surface area (Å²) in [5.74, 6) is -0.0123. The molecule has 0 aliphatic rings. The number of benzene rings is 1. The van der Waals surface area contributed by atoms with Crippen LogP contribution in [0.4, 0.5) is 5.69 Å². The van der Waals surface area contributed by atoms with Gasteiger partial charge in [-0.3, -0.25) is 4.98 Å². The Kier molecular flexibility index (Phi) is 2.93. The Labute approximate surface area is 97.7 Å². The van der Waals surface area contributed by atoms with Gasteiger partial charge >= 0.3 is 0 Å². The minimum absolute atomic E-state index is 0.0123. The zero-order valence-electron chi connectivity index (χ0n) is 8.33. The number of aromatic nitrogens is 1. The van der Waals surface area contributed by atoms with Gasteiger partial charge in [-0.1, -0.05) is 0 Å². The second-order valence-corrected chi connectivity index (χ2v) is 6.26. The number of anilines is 1. The first kappa shape index (κ1) is 11.1. The van der Waals surface area contributed by atoms with Crippen LogP contribution in [0.25, 0.3) is 0 Å². The van der Waals surface area contributed by atoms with E-state index in [-0.39, 0.29) is 10.6 Å². The Morgan fingerprint density at radius 2 is 1.94 bits per heavy atom. The molecule has 4 nitrogen and oxygen atoms in total. The van der Waals surface area contributed by atoms with Crippen LogP contribution in [0.2, 0.25) is 0 Å². The molecule has 0 aliphatic carbocycles. The van der Waals surface area contributed by atoms with Crippen molar-refractivity contribution in [3.8, 4) is 0 Å². The maximum absolute atomic E-state index is 11.9. The van der Waals surface area contributed by atoms with Crippen molar-refractivity contribution < 1.29 is 8.42 Å². The van der Waals surface area contributed by atoms with Crippen LogP contribution in [0.15, 0.2) is 40.9 Å². The number of rotatable bonds is 3. The number of thiazole rings is 1. The minimum atomic E-state index is -3.29. The molecule has 2 rings (SSSR count). The maximum atomic E-state index is 11.9. The van der Waals surface area contributed by atoms with Gasteiger partial charge in [0.1, 0.15) is 0 Å². The third-order valence-electron chi connectivity index (χ3n) is 2.05. The van der Waals surface area contributed by atoms with Gasteiger partial charge in [0.05, 0.1) is 16.2 Å². The SMILES string of the molecule is Nc1ccc(S(=O)(=O)Cc2cncs2)cc1. The summed E-state index contributed by atoms with van der Waals surface area (Å²) >= 11 is 1.33. The highest BCUT2D eigenvalue weighted by Crippen LogP contribution is 2.19. The fraction of sp³-hybridized carbons (Fsp3) is 0.100. The van der Waals surface area contributed by atoms with Crippen LogP contribution < -0.4 is 5.73 Å². The molecule has 0 bridgehead atoms. The van der Waals surface area contributed by atoms with E-state index < -0.39 is 9.84 Å². The topological polar surface area (TPSA) is 73.1 Å². The van der Waals surface area contributed by atoms with E-state index in [9.17, 15) is 8.42 Å². The van der Waals surface area contributed by atoms with E-state index in [1.165, 1.54) is 23.5 Å². The molecule has 1 heterocycles. The second-order valence-electron chi connectivity index (χ2n) is 3.30. The van der Waals surface area contributed by atoms with Crippen molar-refractivity contribution in [2.45, 2.75) is 10.6 Å². The Morgan fingerprint density at radius 1 is 1.25 bits per heavy atom. The summed E-state index contributed by atoms with van der Waals surface area (Å²) in [5, 5.41) is 0. The molecule has 1 aromatic carbocycles. The molecule has 2 aromatic rings. The fourth-order valence-corrected chi connectivity index (χ4v) is 3.54. The van der Waals surface area contributed by atoms with Crippen LogP contribution in [0, 0.1) is 0 Å². The number of nitrogens with two attached hydrogens (primary N) is 1. The number of nitrogen functional groups attached to an aromatic ring is 1. The van der Waals surface area contributed by atoms with E-state index in [1.807, 2.05) is 0 Å². The normalized spacial score (nSPS) is 11.5. The molecule has 84 valence electrons. The molecule has 0 spiro atoms. The Bertz CT molecular complexity index is 559. The van der Waals surface area contributed by atoms with Gasteiger partial charge in [-0.05, 0) is 24.3 Å². The predicted molar refractivity (Wildman–Crippen MR) is 63.9 cm³/mol. The summed E-state index contributed by atoms with van der Waals surface area (Å²) in [4.78, 5) is 4.87. The van der Waals surface area contributed by atoms with Crippen molar-refractivity contribution in [3.63, 3.8) is 0 Å². The van der Waals surface area contributed by atoms with Crippen molar-refractivity contribution >= 4 is 26.9 Å². The van der Waals surface area contributed by atoms with Crippen molar-refractivity contribution in [2.75, 3.05) is 5.73 Å². The molecule has 16 heavy (non-hydrogen) atoms. The van der Waals surface area contributed by atoms with Gasteiger partial charge in [0, 0.05) is 16.8 Å². The average molecular weight is 254 g/mol. The molecule has 0 atom stereocenters. The first-order valence-electron chi connectivity index (χ1n) is 4.53. The van der Waals surface area contributed by atoms with Crippen LogP contribution in [0.5, 0.6) is 0 Å². The summed E-state index contributed by atoms with van der Waals surface area (Å²) < 4.78 is 23.9. The van der Waals surface area contributed by atoms with Crippen molar-refractivity contribution in [1.82, 2.24) is 4.98 Å². The molecule has 2 N–H and O–H groups in total. The van der Waals surface area contributed by atoms with Gasteiger partial charge < -0.3 is 5.73 Å². The Morgan fingerprint density at radius 3 is 2.50 bits per heavy atom. The lowest BCUT2D eigenvalue weighted by molar-refractivity contribution is 0.595. The molecule has 0 unspecified atom stereocenters. The lowest BCUT2D eigenvalue weighted by atomic mass is 10.3. The van der Waals surface area contributed by atoms with Crippen LogP contribution >= 0.6 is 11.3 Å². The summed E-state index contributed by atoms with van der Waals surface area (Å²) in [5.41, 5.74) is 7.67. The van der Waals surface area contributed by atoms with Gasteiger partial charge in [-0.15, -0.1) is 11.3 Å². The molecule has 0 fully saturated rings. The summed E-state index contributed by atoms with van der Waals surface area (Å²) in [7, 11) is -3.29. The van der Waals surface area contributed by atoms with E-state index in [4.69, 9.17) is 5.73 Å². The van der Waals surface area contributed by atoms with Crippen molar-refractivity contribution in [1.29, 1.82) is 0 Å². The minimum Gasteiger partial charge on any atom is -0.399 e. The van der Waals surface area contributed by atoms with E-state index >= 15 is 0 Å². The maximum Gasteiger partial charge on any atom is 0.183 e. The van der Waals surface area contributed by atoms with E-state index in [0.29, 0.717) is 5.69 Å². The van der Waals surface area contributed by atoms with Gasteiger partial charge in [0.2, 0.25) is 0 Å². The number of hydrogen-bond donors (Lipinski definition) is 1.